The summed E-state index contributed by atoms with van der Waals surface area (Å²) in [5.41, 5.74) is -1.32. The third-order valence-electron chi connectivity index (χ3n) is 3.23. The highest BCUT2D eigenvalue weighted by molar-refractivity contribution is 5.33. The number of aryl methyl sites for hydroxylation is 1. The summed E-state index contributed by atoms with van der Waals surface area (Å²) in [5.74, 6) is 0.124. The standard InChI is InChI=1S/C9H9N9O4/c1-6-2-10-16(3-6)8-13-11-7(12-14-8)15-4-9(5-15,17(19)20)18(21)22/h2-3H,4-5H2,1H3. The Morgan fingerprint density at radius 2 is 1.64 bits per heavy atom. The van der Waals surface area contributed by atoms with Crippen LogP contribution in [0.1, 0.15) is 5.56 Å². The number of nitro groups is 2. The molecule has 1 saturated heterocycles. The number of aromatic nitrogens is 6. The van der Waals surface area contributed by atoms with Crippen LogP contribution in [0.15, 0.2) is 12.4 Å². The molecule has 13 nitrogen and oxygen atoms in total. The van der Waals surface area contributed by atoms with Gasteiger partial charge in [-0.3, -0.25) is 20.2 Å². The lowest BCUT2D eigenvalue weighted by Crippen LogP contribution is -2.70. The predicted octanol–water partition coefficient (Wildman–Crippen LogP) is -1.17. The molecule has 3 rings (SSSR count). The highest BCUT2D eigenvalue weighted by Gasteiger charge is 2.67. The van der Waals surface area contributed by atoms with Gasteiger partial charge in [0, 0.05) is 6.20 Å². The third kappa shape index (κ3) is 1.99. The summed E-state index contributed by atoms with van der Waals surface area (Å²) in [4.78, 5) is 21.1. The largest absolute Gasteiger partial charge is 0.492 e. The van der Waals surface area contributed by atoms with Crippen molar-refractivity contribution in [1.29, 1.82) is 0 Å². The molecule has 0 bridgehead atoms. The van der Waals surface area contributed by atoms with Crippen LogP contribution in [0, 0.1) is 27.2 Å². The van der Waals surface area contributed by atoms with E-state index in [0.29, 0.717) is 0 Å². The van der Waals surface area contributed by atoms with E-state index in [2.05, 4.69) is 25.5 Å². The van der Waals surface area contributed by atoms with Crippen LogP contribution in [-0.4, -0.2) is 58.8 Å². The zero-order chi connectivity index (χ0) is 15.9. The van der Waals surface area contributed by atoms with Gasteiger partial charge in [-0.1, -0.05) is 0 Å². The molecular formula is C9H9N9O4. The summed E-state index contributed by atoms with van der Waals surface area (Å²) < 4.78 is 1.37. The number of rotatable bonds is 4. The monoisotopic (exact) mass is 307 g/mol. The fourth-order valence-corrected chi connectivity index (χ4v) is 1.96. The molecule has 114 valence electrons. The molecule has 2 aromatic heterocycles. The lowest BCUT2D eigenvalue weighted by atomic mass is 10.0. The maximum atomic E-state index is 10.8. The van der Waals surface area contributed by atoms with Gasteiger partial charge in [-0.2, -0.15) is 5.10 Å². The number of anilines is 1. The number of hydrogen-bond acceptors (Lipinski definition) is 10. The first-order valence-corrected chi connectivity index (χ1v) is 6.05. The van der Waals surface area contributed by atoms with E-state index in [9.17, 15) is 20.2 Å². The molecule has 1 fully saturated rings. The zero-order valence-electron chi connectivity index (χ0n) is 11.2. The molecule has 0 N–H and O–H groups in total. The van der Waals surface area contributed by atoms with Gasteiger partial charge in [0.2, 0.25) is 0 Å². The van der Waals surface area contributed by atoms with Crippen LogP contribution >= 0.6 is 0 Å². The molecule has 0 radical (unpaired) electrons. The van der Waals surface area contributed by atoms with Crippen molar-refractivity contribution >= 4 is 5.95 Å². The van der Waals surface area contributed by atoms with Gasteiger partial charge in [-0.05, 0) is 12.5 Å². The van der Waals surface area contributed by atoms with E-state index in [1.165, 1.54) is 9.58 Å². The summed E-state index contributed by atoms with van der Waals surface area (Å²) in [5, 5.41) is 40.7. The van der Waals surface area contributed by atoms with Crippen molar-refractivity contribution < 1.29 is 9.85 Å². The lowest BCUT2D eigenvalue weighted by molar-refractivity contribution is -0.799. The van der Waals surface area contributed by atoms with Crippen LogP contribution < -0.4 is 4.90 Å². The Bertz CT molecular complexity index is 720. The first-order valence-electron chi connectivity index (χ1n) is 6.05. The third-order valence-corrected chi connectivity index (χ3v) is 3.23. The van der Waals surface area contributed by atoms with Gasteiger partial charge >= 0.3 is 5.66 Å². The number of hydrogen-bond donors (Lipinski definition) is 0. The first-order chi connectivity index (χ1) is 10.4. The van der Waals surface area contributed by atoms with Crippen molar-refractivity contribution in [2.45, 2.75) is 12.6 Å². The Morgan fingerprint density at radius 1 is 1.09 bits per heavy atom. The average Bonchev–Trinajstić information content (AvgIpc) is 2.84. The first kappa shape index (κ1) is 13.7. The van der Waals surface area contributed by atoms with E-state index in [1.54, 1.807) is 12.4 Å². The van der Waals surface area contributed by atoms with Crippen molar-refractivity contribution in [2.24, 2.45) is 0 Å². The topological polar surface area (TPSA) is 159 Å². The van der Waals surface area contributed by atoms with Crippen molar-refractivity contribution in [2.75, 3.05) is 18.0 Å². The van der Waals surface area contributed by atoms with E-state index >= 15 is 0 Å². The van der Waals surface area contributed by atoms with Gasteiger partial charge in [0.1, 0.15) is 9.85 Å². The molecule has 1 aliphatic heterocycles. The van der Waals surface area contributed by atoms with E-state index in [-0.39, 0.29) is 11.9 Å². The molecule has 13 heteroatoms. The normalized spacial score (nSPS) is 16.1. The minimum atomic E-state index is -2.22. The van der Waals surface area contributed by atoms with Crippen LogP contribution in [0.3, 0.4) is 0 Å². The van der Waals surface area contributed by atoms with E-state index in [1.807, 2.05) is 6.92 Å². The summed E-state index contributed by atoms with van der Waals surface area (Å²) in [7, 11) is 0. The Labute approximate surface area is 121 Å². The van der Waals surface area contributed by atoms with Gasteiger partial charge in [0.15, 0.2) is 13.1 Å². The SMILES string of the molecule is Cc1cnn(-c2nnc(N3CC([N+](=O)[O-])([N+](=O)[O-])C3)nn2)c1. The Balaban J connectivity index is 1.76. The molecule has 0 saturated carbocycles. The van der Waals surface area contributed by atoms with Crippen molar-refractivity contribution in [1.82, 2.24) is 30.2 Å². The van der Waals surface area contributed by atoms with Crippen molar-refractivity contribution in [3.05, 3.63) is 38.2 Å². The van der Waals surface area contributed by atoms with Gasteiger partial charge in [-0.25, -0.2) is 4.68 Å². The quantitative estimate of drug-likeness (QED) is 0.382. The smallest absolute Gasteiger partial charge is 0.309 e. The molecule has 1 aliphatic rings. The second-order valence-corrected chi connectivity index (χ2v) is 4.81. The summed E-state index contributed by atoms with van der Waals surface area (Å²) in [6, 6.07) is 0. The summed E-state index contributed by atoms with van der Waals surface area (Å²) in [6.45, 7) is 0.973. The average molecular weight is 307 g/mol. The highest BCUT2D eigenvalue weighted by Crippen LogP contribution is 2.27. The molecule has 22 heavy (non-hydrogen) atoms. The Hall–Kier alpha value is -3.25. The maximum absolute atomic E-state index is 10.8. The Morgan fingerprint density at radius 3 is 2.09 bits per heavy atom. The van der Waals surface area contributed by atoms with Crippen LogP contribution in [0.2, 0.25) is 0 Å². The minimum Gasteiger partial charge on any atom is -0.309 e. The second kappa shape index (κ2) is 4.64. The highest BCUT2D eigenvalue weighted by atomic mass is 16.7. The van der Waals surface area contributed by atoms with Crippen LogP contribution in [0.5, 0.6) is 0 Å². The van der Waals surface area contributed by atoms with Gasteiger partial charge in [0.05, 0.1) is 6.20 Å². The summed E-state index contributed by atoms with van der Waals surface area (Å²) in [6.07, 6.45) is 3.28. The molecule has 0 aromatic carbocycles. The molecule has 2 aromatic rings. The molecule has 0 aliphatic carbocycles. The van der Waals surface area contributed by atoms with Crippen molar-refractivity contribution in [3.63, 3.8) is 0 Å². The van der Waals surface area contributed by atoms with Gasteiger partial charge in [-0.15, -0.1) is 20.4 Å². The molecule has 0 atom stereocenters. The Kier molecular flexibility index (Phi) is 2.90. The molecule has 0 amide bonds. The number of nitrogens with zero attached hydrogens (tertiary/aromatic N) is 9. The second-order valence-electron chi connectivity index (χ2n) is 4.81. The molecule has 0 spiro atoms. The van der Waals surface area contributed by atoms with Crippen molar-refractivity contribution in [3.8, 4) is 5.95 Å². The molecule has 3 heterocycles. The maximum Gasteiger partial charge on any atom is 0.492 e. The van der Waals surface area contributed by atoms with Gasteiger partial charge in [0.25, 0.3) is 11.9 Å². The molecule has 0 unspecified atom stereocenters. The fraction of sp³-hybridized carbons (Fsp3) is 0.444. The van der Waals surface area contributed by atoms with Crippen LogP contribution in [0.4, 0.5) is 5.95 Å². The minimum absolute atomic E-state index is 0.00745. The van der Waals surface area contributed by atoms with E-state index in [4.69, 9.17) is 0 Å². The summed E-state index contributed by atoms with van der Waals surface area (Å²) >= 11 is 0. The zero-order valence-corrected chi connectivity index (χ0v) is 11.2. The predicted molar refractivity (Wildman–Crippen MR) is 68.4 cm³/mol. The van der Waals surface area contributed by atoms with Crippen LogP contribution in [-0.2, 0) is 0 Å². The van der Waals surface area contributed by atoms with E-state index < -0.39 is 28.6 Å². The lowest BCUT2D eigenvalue weighted by Gasteiger charge is -2.35. The fourth-order valence-electron chi connectivity index (χ4n) is 1.96. The van der Waals surface area contributed by atoms with E-state index in [0.717, 1.165) is 5.56 Å². The van der Waals surface area contributed by atoms with Crippen LogP contribution in [0.25, 0.3) is 5.95 Å². The van der Waals surface area contributed by atoms with Gasteiger partial charge < -0.3 is 4.90 Å². The molecular weight excluding hydrogens is 298 g/mol.